The summed E-state index contributed by atoms with van der Waals surface area (Å²) in [5, 5.41) is 8.20. The van der Waals surface area contributed by atoms with E-state index < -0.39 is 0 Å². The molecule has 1 amide bonds. The van der Waals surface area contributed by atoms with E-state index in [2.05, 4.69) is 20.4 Å². The summed E-state index contributed by atoms with van der Waals surface area (Å²) < 4.78 is 11.0. The molecule has 1 saturated heterocycles. The van der Waals surface area contributed by atoms with Crippen LogP contribution in [-0.4, -0.2) is 47.2 Å². The van der Waals surface area contributed by atoms with E-state index >= 15 is 0 Å². The Kier molecular flexibility index (Phi) is 7.63. The van der Waals surface area contributed by atoms with Gasteiger partial charge in [-0.05, 0) is 50.2 Å². The van der Waals surface area contributed by atoms with Gasteiger partial charge in [-0.3, -0.25) is 9.69 Å². The van der Waals surface area contributed by atoms with Crippen LogP contribution < -0.4 is 10.1 Å². The molecular formula is C23H24Cl2N4O3. The summed E-state index contributed by atoms with van der Waals surface area (Å²) in [5.41, 5.74) is 0.821. The van der Waals surface area contributed by atoms with Crippen molar-refractivity contribution in [2.24, 2.45) is 5.92 Å². The van der Waals surface area contributed by atoms with Crippen LogP contribution in [-0.2, 0) is 11.3 Å². The van der Waals surface area contributed by atoms with Gasteiger partial charge in [-0.1, -0.05) is 52.6 Å². The zero-order chi connectivity index (χ0) is 22.3. The molecule has 0 saturated carbocycles. The molecule has 0 radical (unpaired) electrons. The SMILES string of the molecule is O=C(NCCOc1ccccc1Cl)C1CCN(Cc2nc(-c3cccc(Cl)c3)no2)CC1. The lowest BCUT2D eigenvalue weighted by molar-refractivity contribution is -0.126. The number of aromatic nitrogens is 2. The standard InChI is InChI=1S/C23H24Cl2N4O3/c24-18-5-3-4-17(14-18)22-27-21(32-28-22)15-29-11-8-16(9-12-29)23(30)26-10-13-31-20-7-2-1-6-19(20)25/h1-7,14,16H,8-13,15H2,(H,26,30). The summed E-state index contributed by atoms with van der Waals surface area (Å²) in [6.45, 7) is 2.97. The van der Waals surface area contributed by atoms with E-state index in [0.717, 1.165) is 31.5 Å². The first kappa shape index (κ1) is 22.6. The second-order valence-electron chi connectivity index (χ2n) is 7.64. The van der Waals surface area contributed by atoms with Crippen molar-refractivity contribution in [1.29, 1.82) is 0 Å². The normalized spacial score (nSPS) is 14.9. The molecule has 1 aliphatic heterocycles. The highest BCUT2D eigenvalue weighted by atomic mass is 35.5. The quantitative estimate of drug-likeness (QED) is 0.485. The summed E-state index contributed by atoms with van der Waals surface area (Å²) in [6, 6.07) is 14.6. The van der Waals surface area contributed by atoms with Crippen molar-refractivity contribution in [3.8, 4) is 17.1 Å². The van der Waals surface area contributed by atoms with Crippen LogP contribution >= 0.6 is 23.2 Å². The fourth-order valence-corrected chi connectivity index (χ4v) is 4.03. The van der Waals surface area contributed by atoms with E-state index in [0.29, 0.717) is 47.2 Å². The second kappa shape index (κ2) is 10.8. The predicted molar refractivity (Wildman–Crippen MR) is 123 cm³/mol. The van der Waals surface area contributed by atoms with E-state index in [1.807, 2.05) is 24.3 Å². The number of rotatable bonds is 8. The van der Waals surface area contributed by atoms with Crippen molar-refractivity contribution in [3.63, 3.8) is 0 Å². The molecule has 1 aliphatic rings. The van der Waals surface area contributed by atoms with E-state index in [4.69, 9.17) is 32.5 Å². The molecule has 2 heterocycles. The average molecular weight is 475 g/mol. The first-order valence-corrected chi connectivity index (χ1v) is 11.3. The number of carbonyl (C=O) groups excluding carboxylic acids is 1. The molecule has 0 bridgehead atoms. The maximum atomic E-state index is 12.5. The fourth-order valence-electron chi connectivity index (χ4n) is 3.65. The number of nitrogens with zero attached hydrogens (tertiary/aromatic N) is 3. The van der Waals surface area contributed by atoms with Gasteiger partial charge in [-0.25, -0.2) is 0 Å². The van der Waals surface area contributed by atoms with Crippen molar-refractivity contribution < 1.29 is 14.1 Å². The van der Waals surface area contributed by atoms with Crippen LogP contribution in [0.5, 0.6) is 5.75 Å². The Morgan fingerprint density at radius 2 is 1.97 bits per heavy atom. The number of likely N-dealkylation sites (tertiary alicyclic amines) is 1. The van der Waals surface area contributed by atoms with Crippen LogP contribution in [0.4, 0.5) is 0 Å². The zero-order valence-electron chi connectivity index (χ0n) is 17.5. The second-order valence-corrected chi connectivity index (χ2v) is 8.49. The lowest BCUT2D eigenvalue weighted by atomic mass is 9.96. The number of hydrogen-bond donors (Lipinski definition) is 1. The number of benzene rings is 2. The molecule has 0 unspecified atom stereocenters. The number of hydrogen-bond acceptors (Lipinski definition) is 6. The maximum Gasteiger partial charge on any atom is 0.241 e. The molecule has 9 heteroatoms. The summed E-state index contributed by atoms with van der Waals surface area (Å²) in [5.74, 6) is 1.76. The van der Waals surface area contributed by atoms with Crippen LogP contribution in [0.1, 0.15) is 18.7 Å². The number of amides is 1. The molecule has 32 heavy (non-hydrogen) atoms. The van der Waals surface area contributed by atoms with Crippen LogP contribution in [0.3, 0.4) is 0 Å². The van der Waals surface area contributed by atoms with Crippen molar-refractivity contribution in [3.05, 3.63) is 64.5 Å². The minimum absolute atomic E-state index is 0.00345. The van der Waals surface area contributed by atoms with Crippen molar-refractivity contribution in [1.82, 2.24) is 20.4 Å². The fraction of sp³-hybridized carbons (Fsp3) is 0.348. The average Bonchev–Trinajstić information content (AvgIpc) is 3.27. The lowest BCUT2D eigenvalue weighted by Gasteiger charge is -2.30. The van der Waals surface area contributed by atoms with Crippen LogP contribution in [0.25, 0.3) is 11.4 Å². The third kappa shape index (κ3) is 6.00. The molecule has 0 atom stereocenters. The van der Waals surface area contributed by atoms with E-state index in [1.165, 1.54) is 0 Å². The van der Waals surface area contributed by atoms with Crippen LogP contribution in [0, 0.1) is 5.92 Å². The van der Waals surface area contributed by atoms with Gasteiger partial charge in [0, 0.05) is 16.5 Å². The molecule has 1 fully saturated rings. The Morgan fingerprint density at radius 3 is 2.75 bits per heavy atom. The monoisotopic (exact) mass is 474 g/mol. The minimum Gasteiger partial charge on any atom is -0.490 e. The predicted octanol–water partition coefficient (Wildman–Crippen LogP) is 4.45. The van der Waals surface area contributed by atoms with Gasteiger partial charge in [0.05, 0.1) is 18.1 Å². The number of piperidine rings is 1. The van der Waals surface area contributed by atoms with Crippen LogP contribution in [0.2, 0.25) is 10.0 Å². The molecule has 3 aromatic rings. The smallest absolute Gasteiger partial charge is 0.241 e. The van der Waals surface area contributed by atoms with Crippen LogP contribution in [0.15, 0.2) is 53.1 Å². The molecule has 0 aliphatic carbocycles. The largest absolute Gasteiger partial charge is 0.490 e. The number of para-hydroxylation sites is 1. The van der Waals surface area contributed by atoms with Gasteiger partial charge >= 0.3 is 0 Å². The Balaban J connectivity index is 1.18. The van der Waals surface area contributed by atoms with Crippen molar-refractivity contribution in [2.45, 2.75) is 19.4 Å². The van der Waals surface area contributed by atoms with Gasteiger partial charge in [-0.2, -0.15) is 4.98 Å². The molecular weight excluding hydrogens is 451 g/mol. The Labute approximate surface area is 196 Å². The lowest BCUT2D eigenvalue weighted by Crippen LogP contribution is -2.41. The van der Waals surface area contributed by atoms with Gasteiger partial charge in [0.1, 0.15) is 12.4 Å². The van der Waals surface area contributed by atoms with E-state index in [-0.39, 0.29) is 11.8 Å². The zero-order valence-corrected chi connectivity index (χ0v) is 19.0. The molecule has 0 spiro atoms. The highest BCUT2D eigenvalue weighted by Gasteiger charge is 2.25. The molecule has 1 aromatic heterocycles. The summed E-state index contributed by atoms with van der Waals surface area (Å²) in [7, 11) is 0. The molecule has 2 aromatic carbocycles. The highest BCUT2D eigenvalue weighted by Crippen LogP contribution is 2.24. The molecule has 7 nitrogen and oxygen atoms in total. The molecule has 4 rings (SSSR count). The van der Waals surface area contributed by atoms with Crippen molar-refractivity contribution >= 4 is 29.1 Å². The Bertz CT molecular complexity index is 1050. The summed E-state index contributed by atoms with van der Waals surface area (Å²) >= 11 is 12.1. The number of nitrogens with one attached hydrogen (secondary N) is 1. The third-order valence-corrected chi connectivity index (χ3v) is 5.91. The molecule has 168 valence electrons. The number of halogens is 2. The topological polar surface area (TPSA) is 80.5 Å². The van der Waals surface area contributed by atoms with Crippen molar-refractivity contribution in [2.75, 3.05) is 26.2 Å². The Hall–Kier alpha value is -2.61. The minimum atomic E-state index is -0.00345. The first-order chi connectivity index (χ1) is 15.6. The maximum absolute atomic E-state index is 12.5. The summed E-state index contributed by atoms with van der Waals surface area (Å²) in [4.78, 5) is 19.2. The highest BCUT2D eigenvalue weighted by molar-refractivity contribution is 6.32. The van der Waals surface area contributed by atoms with Gasteiger partial charge < -0.3 is 14.6 Å². The Morgan fingerprint density at radius 1 is 1.16 bits per heavy atom. The van der Waals surface area contributed by atoms with E-state index in [9.17, 15) is 4.79 Å². The van der Waals surface area contributed by atoms with Gasteiger partial charge in [0.25, 0.3) is 0 Å². The third-order valence-electron chi connectivity index (χ3n) is 5.36. The van der Waals surface area contributed by atoms with E-state index in [1.54, 1.807) is 24.3 Å². The van der Waals surface area contributed by atoms with Gasteiger partial charge in [-0.15, -0.1) is 0 Å². The number of ether oxygens (including phenoxy) is 1. The summed E-state index contributed by atoms with van der Waals surface area (Å²) in [6.07, 6.45) is 1.57. The van der Waals surface area contributed by atoms with Gasteiger partial charge in [0.15, 0.2) is 0 Å². The number of carbonyl (C=O) groups is 1. The first-order valence-electron chi connectivity index (χ1n) is 10.5. The molecule has 1 N–H and O–H groups in total. The van der Waals surface area contributed by atoms with Gasteiger partial charge in [0.2, 0.25) is 17.6 Å².